The number of ether oxygens (including phenoxy) is 1. The van der Waals surface area contributed by atoms with Crippen LogP contribution in [0.15, 0.2) is 12.1 Å². The van der Waals surface area contributed by atoms with Crippen LogP contribution in [-0.2, 0) is 4.74 Å². The van der Waals surface area contributed by atoms with E-state index < -0.39 is 23.2 Å². The summed E-state index contributed by atoms with van der Waals surface area (Å²) in [5.74, 6) is -3.02. The van der Waals surface area contributed by atoms with Crippen molar-refractivity contribution in [1.29, 1.82) is 0 Å². The summed E-state index contributed by atoms with van der Waals surface area (Å²) in [7, 11) is 0. The van der Waals surface area contributed by atoms with E-state index in [2.05, 4.69) is 5.32 Å². The summed E-state index contributed by atoms with van der Waals surface area (Å²) in [6.07, 6.45) is 1.93. The van der Waals surface area contributed by atoms with Crippen LogP contribution in [0.2, 0.25) is 0 Å². The van der Waals surface area contributed by atoms with Crippen molar-refractivity contribution in [2.45, 2.75) is 12.8 Å². The Morgan fingerprint density at radius 1 is 1.42 bits per heavy atom. The van der Waals surface area contributed by atoms with Crippen molar-refractivity contribution < 1.29 is 23.4 Å². The van der Waals surface area contributed by atoms with Gasteiger partial charge >= 0.3 is 5.97 Å². The quantitative estimate of drug-likeness (QED) is 0.883. The van der Waals surface area contributed by atoms with Crippen molar-refractivity contribution in [3.63, 3.8) is 0 Å². The minimum absolute atomic E-state index is 0.00405. The fourth-order valence-corrected chi connectivity index (χ4v) is 2.07. The zero-order valence-electron chi connectivity index (χ0n) is 10.3. The highest BCUT2D eigenvalue weighted by molar-refractivity contribution is 5.89. The van der Waals surface area contributed by atoms with Crippen LogP contribution in [0.25, 0.3) is 0 Å². The molecule has 0 aromatic heterocycles. The predicted molar refractivity (Wildman–Crippen MR) is 65.4 cm³/mol. The number of aromatic carboxylic acids is 1. The van der Waals surface area contributed by atoms with Crippen LogP contribution in [-0.4, -0.2) is 30.8 Å². The molecule has 1 aliphatic rings. The molecule has 6 heteroatoms. The maximum atomic E-state index is 13.5. The summed E-state index contributed by atoms with van der Waals surface area (Å²) in [5, 5.41) is 11.6. The number of benzene rings is 1. The summed E-state index contributed by atoms with van der Waals surface area (Å²) < 4.78 is 32.0. The zero-order valence-corrected chi connectivity index (χ0v) is 10.3. The van der Waals surface area contributed by atoms with Gasteiger partial charge in [0.15, 0.2) is 0 Å². The third-order valence-corrected chi connectivity index (χ3v) is 3.12. The van der Waals surface area contributed by atoms with Crippen LogP contribution in [0, 0.1) is 17.6 Å². The molecule has 1 fully saturated rings. The van der Waals surface area contributed by atoms with E-state index in [1.54, 1.807) is 0 Å². The van der Waals surface area contributed by atoms with Gasteiger partial charge < -0.3 is 15.2 Å². The number of halogens is 2. The highest BCUT2D eigenvalue weighted by Gasteiger charge is 2.17. The topological polar surface area (TPSA) is 58.6 Å². The zero-order chi connectivity index (χ0) is 13.8. The van der Waals surface area contributed by atoms with E-state index in [4.69, 9.17) is 9.84 Å². The number of rotatable bonds is 4. The smallest absolute Gasteiger partial charge is 0.338 e. The van der Waals surface area contributed by atoms with Crippen LogP contribution in [0.5, 0.6) is 0 Å². The van der Waals surface area contributed by atoms with E-state index in [-0.39, 0.29) is 11.6 Å². The second-order valence-electron chi connectivity index (χ2n) is 4.58. The van der Waals surface area contributed by atoms with Gasteiger partial charge in [-0.05, 0) is 24.8 Å². The predicted octanol–water partition coefficient (Wildman–Crippen LogP) is 2.50. The molecule has 2 rings (SSSR count). The minimum atomic E-state index is -1.42. The van der Waals surface area contributed by atoms with Crippen LogP contribution in [0.3, 0.4) is 0 Å². The second kappa shape index (κ2) is 5.97. The first kappa shape index (κ1) is 13.7. The standard InChI is InChI=1S/C13H15F2NO3/c14-10-5-11(15)12(4-9(10)13(17)18)16-6-8-2-1-3-19-7-8/h4-5,8,16H,1-3,6-7H2,(H,17,18). The molecule has 19 heavy (non-hydrogen) atoms. The van der Waals surface area contributed by atoms with Crippen LogP contribution in [0.1, 0.15) is 23.2 Å². The monoisotopic (exact) mass is 271 g/mol. The number of anilines is 1. The van der Waals surface area contributed by atoms with E-state index in [0.717, 1.165) is 25.5 Å². The molecule has 104 valence electrons. The molecule has 0 saturated carbocycles. The Kier molecular flexibility index (Phi) is 4.31. The van der Waals surface area contributed by atoms with Crippen LogP contribution in [0.4, 0.5) is 14.5 Å². The second-order valence-corrected chi connectivity index (χ2v) is 4.58. The Labute approximate surface area is 109 Å². The third kappa shape index (κ3) is 3.41. The van der Waals surface area contributed by atoms with Gasteiger partial charge in [0, 0.05) is 19.2 Å². The number of hydrogen-bond acceptors (Lipinski definition) is 3. The number of carbonyl (C=O) groups is 1. The molecule has 0 amide bonds. The number of hydrogen-bond donors (Lipinski definition) is 2. The lowest BCUT2D eigenvalue weighted by molar-refractivity contribution is 0.0594. The van der Waals surface area contributed by atoms with E-state index in [1.807, 2.05) is 0 Å². The molecule has 1 saturated heterocycles. The van der Waals surface area contributed by atoms with Gasteiger partial charge in [-0.25, -0.2) is 13.6 Å². The summed E-state index contributed by atoms with van der Waals surface area (Å²) in [6, 6.07) is 1.57. The Bertz CT molecular complexity index is 473. The molecule has 1 atom stereocenters. The Balaban J connectivity index is 2.06. The summed E-state index contributed by atoms with van der Waals surface area (Å²) in [4.78, 5) is 10.8. The first-order valence-corrected chi connectivity index (χ1v) is 6.12. The SMILES string of the molecule is O=C(O)c1cc(NCC2CCCOC2)c(F)cc1F. The van der Waals surface area contributed by atoms with Gasteiger partial charge in [-0.1, -0.05) is 0 Å². The maximum Gasteiger partial charge on any atom is 0.338 e. The average molecular weight is 271 g/mol. The van der Waals surface area contributed by atoms with Crippen molar-refractivity contribution in [3.8, 4) is 0 Å². The van der Waals surface area contributed by atoms with Gasteiger partial charge in [0.05, 0.1) is 17.9 Å². The van der Waals surface area contributed by atoms with Gasteiger partial charge in [-0.3, -0.25) is 0 Å². The van der Waals surface area contributed by atoms with Crippen molar-refractivity contribution in [1.82, 2.24) is 0 Å². The first-order chi connectivity index (χ1) is 9.08. The molecular weight excluding hydrogens is 256 g/mol. The molecule has 0 spiro atoms. The highest BCUT2D eigenvalue weighted by Crippen LogP contribution is 2.21. The van der Waals surface area contributed by atoms with E-state index >= 15 is 0 Å². The lowest BCUT2D eigenvalue weighted by Crippen LogP contribution is -2.24. The minimum Gasteiger partial charge on any atom is -0.478 e. The molecule has 0 bridgehead atoms. The summed E-state index contributed by atoms with van der Waals surface area (Å²) in [6.45, 7) is 1.81. The lowest BCUT2D eigenvalue weighted by Gasteiger charge is -2.22. The molecule has 1 unspecified atom stereocenters. The maximum absolute atomic E-state index is 13.5. The first-order valence-electron chi connectivity index (χ1n) is 6.12. The lowest BCUT2D eigenvalue weighted by atomic mass is 10.0. The van der Waals surface area contributed by atoms with Gasteiger partial charge in [-0.15, -0.1) is 0 Å². The van der Waals surface area contributed by atoms with Crippen LogP contribution < -0.4 is 5.32 Å². The molecule has 1 aromatic carbocycles. The van der Waals surface area contributed by atoms with Crippen molar-refractivity contribution in [3.05, 3.63) is 29.3 Å². The van der Waals surface area contributed by atoms with E-state index in [1.165, 1.54) is 0 Å². The average Bonchev–Trinajstić information content (AvgIpc) is 2.38. The highest BCUT2D eigenvalue weighted by atomic mass is 19.1. The largest absolute Gasteiger partial charge is 0.478 e. The molecule has 2 N–H and O–H groups in total. The molecule has 1 aromatic rings. The van der Waals surface area contributed by atoms with Crippen LogP contribution >= 0.6 is 0 Å². The molecular formula is C13H15F2NO3. The molecule has 1 heterocycles. The van der Waals surface area contributed by atoms with Crippen molar-refractivity contribution in [2.75, 3.05) is 25.1 Å². The molecule has 4 nitrogen and oxygen atoms in total. The molecule has 1 aliphatic heterocycles. The van der Waals surface area contributed by atoms with Crippen molar-refractivity contribution in [2.24, 2.45) is 5.92 Å². The van der Waals surface area contributed by atoms with Gasteiger partial charge in [0.1, 0.15) is 11.6 Å². The molecule has 0 aliphatic carbocycles. The van der Waals surface area contributed by atoms with Gasteiger partial charge in [0.2, 0.25) is 0 Å². The van der Waals surface area contributed by atoms with Gasteiger partial charge in [-0.2, -0.15) is 0 Å². The fraction of sp³-hybridized carbons (Fsp3) is 0.462. The van der Waals surface area contributed by atoms with Crippen molar-refractivity contribution >= 4 is 11.7 Å². The summed E-state index contributed by atoms with van der Waals surface area (Å²) in [5.41, 5.74) is -0.534. The van der Waals surface area contributed by atoms with E-state index in [0.29, 0.717) is 19.2 Å². The molecule has 0 radical (unpaired) electrons. The normalized spacial score (nSPS) is 19.2. The number of carboxylic acids is 1. The number of carboxylic acid groups (broad SMARTS) is 1. The Hall–Kier alpha value is -1.69. The Morgan fingerprint density at radius 2 is 2.21 bits per heavy atom. The number of nitrogens with one attached hydrogen (secondary N) is 1. The van der Waals surface area contributed by atoms with Gasteiger partial charge in [0.25, 0.3) is 0 Å². The Morgan fingerprint density at radius 3 is 2.84 bits per heavy atom. The summed E-state index contributed by atoms with van der Waals surface area (Å²) >= 11 is 0. The fourth-order valence-electron chi connectivity index (χ4n) is 2.07. The van der Waals surface area contributed by atoms with E-state index in [9.17, 15) is 13.6 Å². The third-order valence-electron chi connectivity index (χ3n) is 3.12.